The topological polar surface area (TPSA) is 63.0 Å². The zero-order chi connectivity index (χ0) is 18.3. The molecule has 26 heavy (non-hydrogen) atoms. The van der Waals surface area contributed by atoms with Crippen molar-refractivity contribution in [3.05, 3.63) is 23.2 Å². The zero-order valence-corrected chi connectivity index (χ0v) is 15.8. The van der Waals surface area contributed by atoms with Crippen LogP contribution in [0, 0.1) is 13.8 Å². The third-order valence-electron chi connectivity index (χ3n) is 6.33. The maximum Gasteiger partial charge on any atom is 0.410 e. The van der Waals surface area contributed by atoms with E-state index < -0.39 is 0 Å². The summed E-state index contributed by atoms with van der Waals surface area (Å²) in [5, 5.41) is 0. The predicted molar refractivity (Wildman–Crippen MR) is 96.1 cm³/mol. The molecule has 0 radical (unpaired) electrons. The number of furan rings is 1. The molecule has 0 bridgehead atoms. The molecule has 1 aliphatic carbocycles. The largest absolute Gasteiger partial charge is 0.456 e. The Morgan fingerprint density at radius 1 is 1.15 bits per heavy atom. The lowest BCUT2D eigenvalue weighted by molar-refractivity contribution is 0.0259. The highest BCUT2D eigenvalue weighted by Gasteiger charge is 2.48. The van der Waals surface area contributed by atoms with Gasteiger partial charge in [0.05, 0.1) is 6.54 Å². The third-order valence-corrected chi connectivity index (χ3v) is 6.33. The summed E-state index contributed by atoms with van der Waals surface area (Å²) in [5.74, 6) is 1.16. The lowest BCUT2D eigenvalue weighted by Gasteiger charge is -2.36. The fraction of sp³-hybridized carbons (Fsp3) is 0.700. The fourth-order valence-electron chi connectivity index (χ4n) is 4.60. The van der Waals surface area contributed by atoms with E-state index in [2.05, 4.69) is 0 Å². The van der Waals surface area contributed by atoms with Crippen LogP contribution in [0.5, 0.6) is 0 Å². The van der Waals surface area contributed by atoms with Crippen LogP contribution >= 0.6 is 0 Å². The van der Waals surface area contributed by atoms with Crippen LogP contribution in [0.15, 0.2) is 10.5 Å². The second-order valence-electron chi connectivity index (χ2n) is 8.11. The van der Waals surface area contributed by atoms with Crippen LogP contribution in [0.1, 0.15) is 66.8 Å². The van der Waals surface area contributed by atoms with Crippen molar-refractivity contribution in [2.45, 2.75) is 70.4 Å². The van der Waals surface area contributed by atoms with Gasteiger partial charge in [0, 0.05) is 19.1 Å². The molecule has 4 rings (SSSR count). The number of hydrogen-bond acceptors (Lipinski definition) is 4. The van der Waals surface area contributed by atoms with E-state index in [1.807, 2.05) is 29.7 Å². The molecule has 1 aromatic heterocycles. The second kappa shape index (κ2) is 6.63. The molecule has 6 heteroatoms. The number of rotatable bonds is 2. The maximum atomic E-state index is 12.6. The van der Waals surface area contributed by atoms with Gasteiger partial charge in [0.25, 0.3) is 5.91 Å². The summed E-state index contributed by atoms with van der Waals surface area (Å²) in [6.45, 7) is 5.85. The first-order valence-corrected chi connectivity index (χ1v) is 9.83. The summed E-state index contributed by atoms with van der Waals surface area (Å²) in [4.78, 5) is 28.8. The van der Waals surface area contributed by atoms with Gasteiger partial charge in [-0.05, 0) is 64.0 Å². The fourth-order valence-corrected chi connectivity index (χ4v) is 4.60. The standard InChI is InChI=1S/C20H28N2O4/c1-14-12-17(25-15(14)2)18(23)21-10-6-16(7-11-21)22-13-20(26-19(22)24)8-4-3-5-9-20/h12,16H,3-11,13H2,1-2H3. The highest BCUT2D eigenvalue weighted by molar-refractivity contribution is 5.91. The zero-order valence-electron chi connectivity index (χ0n) is 15.8. The van der Waals surface area contributed by atoms with Crippen molar-refractivity contribution in [2.75, 3.05) is 19.6 Å². The molecule has 0 unspecified atom stereocenters. The van der Waals surface area contributed by atoms with Crippen molar-refractivity contribution in [3.63, 3.8) is 0 Å². The number of amides is 2. The van der Waals surface area contributed by atoms with Crippen LogP contribution in [-0.2, 0) is 4.74 Å². The van der Waals surface area contributed by atoms with Gasteiger partial charge >= 0.3 is 6.09 Å². The van der Waals surface area contributed by atoms with Crippen LogP contribution < -0.4 is 0 Å². The molecular weight excluding hydrogens is 332 g/mol. The molecule has 0 N–H and O–H groups in total. The van der Waals surface area contributed by atoms with Crippen molar-refractivity contribution in [2.24, 2.45) is 0 Å². The van der Waals surface area contributed by atoms with Crippen molar-refractivity contribution in [1.82, 2.24) is 9.80 Å². The third kappa shape index (κ3) is 3.10. The molecule has 6 nitrogen and oxygen atoms in total. The molecule has 3 aliphatic rings. The molecule has 0 aromatic carbocycles. The van der Waals surface area contributed by atoms with E-state index in [0.29, 0.717) is 18.8 Å². The minimum Gasteiger partial charge on any atom is -0.456 e. The quantitative estimate of drug-likeness (QED) is 0.807. The Hall–Kier alpha value is -1.98. The van der Waals surface area contributed by atoms with Gasteiger partial charge < -0.3 is 19.0 Å². The van der Waals surface area contributed by atoms with Gasteiger partial charge in [-0.1, -0.05) is 6.42 Å². The van der Waals surface area contributed by atoms with Crippen molar-refractivity contribution >= 4 is 12.0 Å². The Kier molecular flexibility index (Phi) is 4.45. The number of piperidine rings is 1. The van der Waals surface area contributed by atoms with Gasteiger partial charge in [0.2, 0.25) is 0 Å². The first kappa shape index (κ1) is 17.4. The number of likely N-dealkylation sites (tertiary alicyclic amines) is 1. The van der Waals surface area contributed by atoms with Gasteiger partial charge in [0.15, 0.2) is 5.76 Å². The Bertz CT molecular complexity index is 677. The number of ether oxygens (including phenoxy) is 1. The predicted octanol–water partition coefficient (Wildman–Crippen LogP) is 3.66. The van der Waals surface area contributed by atoms with E-state index in [1.54, 1.807) is 0 Å². The van der Waals surface area contributed by atoms with Crippen molar-refractivity contribution < 1.29 is 18.7 Å². The van der Waals surface area contributed by atoms with Crippen molar-refractivity contribution in [1.29, 1.82) is 0 Å². The highest BCUT2D eigenvalue weighted by Crippen LogP contribution is 2.38. The van der Waals surface area contributed by atoms with E-state index in [-0.39, 0.29) is 23.6 Å². The van der Waals surface area contributed by atoms with Crippen LogP contribution in [0.25, 0.3) is 0 Å². The Morgan fingerprint density at radius 2 is 1.85 bits per heavy atom. The Morgan fingerprint density at radius 3 is 2.46 bits per heavy atom. The van der Waals surface area contributed by atoms with Crippen molar-refractivity contribution in [3.8, 4) is 0 Å². The van der Waals surface area contributed by atoms with Crippen LogP contribution in [0.3, 0.4) is 0 Å². The highest BCUT2D eigenvalue weighted by atomic mass is 16.6. The van der Waals surface area contributed by atoms with E-state index >= 15 is 0 Å². The van der Waals surface area contributed by atoms with Gasteiger partial charge in [-0.2, -0.15) is 0 Å². The molecule has 0 atom stereocenters. The smallest absolute Gasteiger partial charge is 0.410 e. The molecule has 2 amide bonds. The molecule has 1 saturated carbocycles. The molecule has 2 aliphatic heterocycles. The molecule has 1 spiro atoms. The summed E-state index contributed by atoms with van der Waals surface area (Å²) in [6.07, 6.45) is 6.96. The van der Waals surface area contributed by atoms with E-state index in [9.17, 15) is 9.59 Å². The van der Waals surface area contributed by atoms with Crippen LogP contribution in [0.4, 0.5) is 4.79 Å². The number of hydrogen-bond donors (Lipinski definition) is 0. The van der Waals surface area contributed by atoms with Gasteiger partial charge in [0.1, 0.15) is 11.4 Å². The minimum atomic E-state index is -0.245. The summed E-state index contributed by atoms with van der Waals surface area (Å²) in [5.41, 5.74) is 0.756. The van der Waals surface area contributed by atoms with E-state index in [4.69, 9.17) is 9.15 Å². The number of carbonyl (C=O) groups excluding carboxylic acids is 2. The monoisotopic (exact) mass is 360 g/mol. The SMILES string of the molecule is Cc1cc(C(=O)N2CCC(N3CC4(CCCCC4)OC3=O)CC2)oc1C. The molecular formula is C20H28N2O4. The number of carbonyl (C=O) groups is 2. The lowest BCUT2D eigenvalue weighted by Crippen LogP contribution is -2.48. The summed E-state index contributed by atoms with van der Waals surface area (Å²) < 4.78 is 11.4. The first-order chi connectivity index (χ1) is 12.5. The maximum absolute atomic E-state index is 12.6. The van der Waals surface area contributed by atoms with Gasteiger partial charge in [-0.25, -0.2) is 4.79 Å². The summed E-state index contributed by atoms with van der Waals surface area (Å²) in [6, 6.07) is 1.99. The van der Waals surface area contributed by atoms with Crippen LogP contribution in [0.2, 0.25) is 0 Å². The summed E-state index contributed by atoms with van der Waals surface area (Å²) in [7, 11) is 0. The Labute approximate surface area is 154 Å². The van der Waals surface area contributed by atoms with Gasteiger partial charge in [-0.15, -0.1) is 0 Å². The average Bonchev–Trinajstić information content (AvgIpc) is 3.14. The number of nitrogens with zero attached hydrogens (tertiary/aromatic N) is 2. The molecule has 3 fully saturated rings. The lowest BCUT2D eigenvalue weighted by atomic mass is 9.84. The molecule has 2 saturated heterocycles. The molecule has 3 heterocycles. The molecule has 142 valence electrons. The first-order valence-electron chi connectivity index (χ1n) is 9.83. The summed E-state index contributed by atoms with van der Waals surface area (Å²) >= 11 is 0. The van der Waals surface area contributed by atoms with Crippen LogP contribution in [-0.4, -0.2) is 53.1 Å². The number of aryl methyl sites for hydroxylation is 2. The normalized spacial score (nSPS) is 23.5. The minimum absolute atomic E-state index is 0.0487. The van der Waals surface area contributed by atoms with Gasteiger partial charge in [-0.3, -0.25) is 4.79 Å². The second-order valence-corrected chi connectivity index (χ2v) is 8.11. The van der Waals surface area contributed by atoms with E-state index in [0.717, 1.165) is 56.4 Å². The average molecular weight is 360 g/mol. The Balaban J connectivity index is 1.36. The van der Waals surface area contributed by atoms with E-state index in [1.165, 1.54) is 6.42 Å². The molecule has 1 aromatic rings.